The number of halogens is 1. The predicted molar refractivity (Wildman–Crippen MR) is 103 cm³/mol. The predicted octanol–water partition coefficient (Wildman–Crippen LogP) is 3.45. The van der Waals surface area contributed by atoms with Crippen LogP contribution in [0.25, 0.3) is 0 Å². The fourth-order valence-corrected chi connectivity index (χ4v) is 3.36. The Labute approximate surface area is 151 Å². The average molecular weight is 349 g/mol. The van der Waals surface area contributed by atoms with Crippen LogP contribution in [0.2, 0.25) is 0 Å². The molecule has 25 heavy (non-hydrogen) atoms. The van der Waals surface area contributed by atoms with Gasteiger partial charge in [0.05, 0.1) is 0 Å². The van der Waals surface area contributed by atoms with Crippen LogP contribution in [0.1, 0.15) is 50.2 Å². The van der Waals surface area contributed by atoms with Crippen molar-refractivity contribution in [2.24, 2.45) is 4.99 Å². The van der Waals surface area contributed by atoms with E-state index in [4.69, 9.17) is 0 Å². The molecule has 1 unspecified atom stereocenters. The zero-order valence-electron chi connectivity index (χ0n) is 15.9. The lowest BCUT2D eigenvalue weighted by atomic mass is 10.0. The first kappa shape index (κ1) is 19.7. The molecule has 1 aromatic rings. The summed E-state index contributed by atoms with van der Waals surface area (Å²) in [7, 11) is 1.78. The van der Waals surface area contributed by atoms with Crippen molar-refractivity contribution in [2.45, 2.75) is 58.5 Å². The van der Waals surface area contributed by atoms with Gasteiger partial charge in [0.1, 0.15) is 5.82 Å². The highest BCUT2D eigenvalue weighted by molar-refractivity contribution is 5.79. The number of aryl methyl sites for hydroxylation is 1. The van der Waals surface area contributed by atoms with E-state index in [-0.39, 0.29) is 5.82 Å². The van der Waals surface area contributed by atoms with Crippen molar-refractivity contribution < 1.29 is 4.39 Å². The summed E-state index contributed by atoms with van der Waals surface area (Å²) in [4.78, 5) is 6.87. The first-order valence-corrected chi connectivity index (χ1v) is 9.53. The van der Waals surface area contributed by atoms with E-state index in [0.717, 1.165) is 30.5 Å². The molecule has 140 valence electrons. The van der Waals surface area contributed by atoms with Gasteiger partial charge in [-0.3, -0.25) is 4.99 Å². The highest BCUT2D eigenvalue weighted by Gasteiger charge is 2.16. The molecule has 1 aliphatic rings. The van der Waals surface area contributed by atoms with Crippen LogP contribution in [0.4, 0.5) is 4.39 Å². The minimum Gasteiger partial charge on any atom is -0.356 e. The van der Waals surface area contributed by atoms with E-state index in [1.165, 1.54) is 44.8 Å². The third kappa shape index (κ3) is 6.65. The number of nitrogens with one attached hydrogen (secondary N) is 2. The SMILES string of the molecule is CN=C(NCCCCN1CCCCC1C)NCc1ccc(F)c(C)c1. The third-order valence-corrected chi connectivity index (χ3v) is 5.01. The Kier molecular flexibility index (Phi) is 8.19. The molecule has 0 aliphatic carbocycles. The maximum atomic E-state index is 13.3. The summed E-state index contributed by atoms with van der Waals surface area (Å²) in [5.41, 5.74) is 1.73. The molecule has 2 N–H and O–H groups in total. The van der Waals surface area contributed by atoms with Gasteiger partial charge in [0.25, 0.3) is 0 Å². The molecular formula is C20H33FN4. The van der Waals surface area contributed by atoms with Gasteiger partial charge in [-0.05, 0) is 69.8 Å². The minimum absolute atomic E-state index is 0.158. The van der Waals surface area contributed by atoms with E-state index in [1.54, 1.807) is 14.0 Å². The van der Waals surface area contributed by atoms with Crippen molar-refractivity contribution in [3.05, 3.63) is 35.1 Å². The van der Waals surface area contributed by atoms with Crippen LogP contribution in [0.15, 0.2) is 23.2 Å². The quantitative estimate of drug-likeness (QED) is 0.450. The highest BCUT2D eigenvalue weighted by Crippen LogP contribution is 2.16. The largest absolute Gasteiger partial charge is 0.356 e. The second-order valence-corrected chi connectivity index (χ2v) is 7.02. The molecule has 1 aromatic carbocycles. The maximum Gasteiger partial charge on any atom is 0.191 e. The van der Waals surface area contributed by atoms with Gasteiger partial charge in [0, 0.05) is 26.2 Å². The summed E-state index contributed by atoms with van der Waals surface area (Å²) < 4.78 is 13.3. The van der Waals surface area contributed by atoms with Crippen molar-refractivity contribution in [2.75, 3.05) is 26.7 Å². The molecule has 5 heteroatoms. The normalized spacial score (nSPS) is 19.0. The van der Waals surface area contributed by atoms with Crippen LogP contribution in [-0.4, -0.2) is 43.6 Å². The topological polar surface area (TPSA) is 39.7 Å². The van der Waals surface area contributed by atoms with Crippen LogP contribution in [0, 0.1) is 12.7 Å². The molecule has 4 nitrogen and oxygen atoms in total. The molecule has 1 saturated heterocycles. The van der Waals surface area contributed by atoms with E-state index < -0.39 is 0 Å². The molecule has 0 bridgehead atoms. The Morgan fingerprint density at radius 3 is 2.84 bits per heavy atom. The summed E-state index contributed by atoms with van der Waals surface area (Å²) in [6.07, 6.45) is 6.43. The minimum atomic E-state index is -0.158. The second-order valence-electron chi connectivity index (χ2n) is 7.02. The number of aliphatic imine (C=N–C) groups is 1. The molecule has 0 radical (unpaired) electrons. The van der Waals surface area contributed by atoms with E-state index in [1.807, 2.05) is 12.1 Å². The van der Waals surface area contributed by atoms with Crippen LogP contribution in [0.5, 0.6) is 0 Å². The Balaban J connectivity index is 1.62. The lowest BCUT2D eigenvalue weighted by molar-refractivity contribution is 0.158. The van der Waals surface area contributed by atoms with Crippen molar-refractivity contribution in [1.82, 2.24) is 15.5 Å². The van der Waals surface area contributed by atoms with Gasteiger partial charge in [0.15, 0.2) is 5.96 Å². The molecule has 2 rings (SSSR count). The van der Waals surface area contributed by atoms with Crippen LogP contribution >= 0.6 is 0 Å². The van der Waals surface area contributed by atoms with Gasteiger partial charge < -0.3 is 15.5 Å². The van der Waals surface area contributed by atoms with Gasteiger partial charge in [-0.1, -0.05) is 18.6 Å². The van der Waals surface area contributed by atoms with E-state index in [0.29, 0.717) is 12.1 Å². The first-order valence-electron chi connectivity index (χ1n) is 9.53. The molecule has 0 saturated carbocycles. The number of piperidine rings is 1. The standard InChI is InChI=1S/C20H33FN4/c1-16-14-18(9-10-19(16)21)15-24-20(22-3)23-11-5-7-13-25-12-6-4-8-17(25)2/h9-10,14,17H,4-8,11-13,15H2,1-3H3,(H2,22,23,24). The van der Waals surface area contributed by atoms with E-state index >= 15 is 0 Å². The number of unbranched alkanes of at least 4 members (excludes halogenated alkanes) is 1. The summed E-state index contributed by atoms with van der Waals surface area (Å²) in [6.45, 7) is 8.16. The lowest BCUT2D eigenvalue weighted by Gasteiger charge is -2.33. The van der Waals surface area contributed by atoms with Gasteiger partial charge >= 0.3 is 0 Å². The number of likely N-dealkylation sites (tertiary alicyclic amines) is 1. The summed E-state index contributed by atoms with van der Waals surface area (Å²) in [5, 5.41) is 6.65. The van der Waals surface area contributed by atoms with Gasteiger partial charge in [-0.15, -0.1) is 0 Å². The number of benzene rings is 1. The van der Waals surface area contributed by atoms with Crippen molar-refractivity contribution in [3.63, 3.8) is 0 Å². The number of nitrogens with zero attached hydrogens (tertiary/aromatic N) is 2. The second kappa shape index (κ2) is 10.4. The smallest absolute Gasteiger partial charge is 0.191 e. The number of hydrogen-bond donors (Lipinski definition) is 2. The first-order chi connectivity index (χ1) is 12.1. The molecule has 1 fully saturated rings. The molecular weight excluding hydrogens is 315 g/mol. The monoisotopic (exact) mass is 348 g/mol. The van der Waals surface area contributed by atoms with Crippen LogP contribution in [-0.2, 0) is 6.54 Å². The maximum absolute atomic E-state index is 13.3. The van der Waals surface area contributed by atoms with Crippen molar-refractivity contribution in [3.8, 4) is 0 Å². The molecule has 0 amide bonds. The van der Waals surface area contributed by atoms with Gasteiger partial charge in [-0.25, -0.2) is 4.39 Å². The Morgan fingerprint density at radius 2 is 2.12 bits per heavy atom. The Hall–Kier alpha value is -1.62. The molecule has 1 aliphatic heterocycles. The highest BCUT2D eigenvalue weighted by atomic mass is 19.1. The number of rotatable bonds is 7. The summed E-state index contributed by atoms with van der Waals surface area (Å²) >= 11 is 0. The fraction of sp³-hybridized carbons (Fsp3) is 0.650. The zero-order valence-corrected chi connectivity index (χ0v) is 15.9. The average Bonchev–Trinajstić information content (AvgIpc) is 2.61. The molecule has 1 heterocycles. The van der Waals surface area contributed by atoms with Gasteiger partial charge in [-0.2, -0.15) is 0 Å². The fourth-order valence-electron chi connectivity index (χ4n) is 3.36. The third-order valence-electron chi connectivity index (χ3n) is 5.01. The van der Waals surface area contributed by atoms with E-state index in [9.17, 15) is 4.39 Å². The van der Waals surface area contributed by atoms with Crippen LogP contribution < -0.4 is 10.6 Å². The van der Waals surface area contributed by atoms with Gasteiger partial charge in [0.2, 0.25) is 0 Å². The lowest BCUT2D eigenvalue weighted by Crippen LogP contribution is -2.39. The van der Waals surface area contributed by atoms with Crippen molar-refractivity contribution in [1.29, 1.82) is 0 Å². The molecule has 1 atom stereocenters. The molecule has 0 spiro atoms. The van der Waals surface area contributed by atoms with E-state index in [2.05, 4.69) is 27.4 Å². The summed E-state index contributed by atoms with van der Waals surface area (Å²) in [5.74, 6) is 0.641. The Bertz CT molecular complexity index is 559. The van der Waals surface area contributed by atoms with Crippen LogP contribution in [0.3, 0.4) is 0 Å². The molecule has 0 aromatic heterocycles. The number of guanidine groups is 1. The Morgan fingerprint density at radius 1 is 1.28 bits per heavy atom. The zero-order chi connectivity index (χ0) is 18.1. The van der Waals surface area contributed by atoms with Crippen molar-refractivity contribution >= 4 is 5.96 Å². The summed E-state index contributed by atoms with van der Waals surface area (Å²) in [6, 6.07) is 5.94. The number of hydrogen-bond acceptors (Lipinski definition) is 2.